The molecule has 0 fully saturated rings. The number of nitrogens with zero attached hydrogens (tertiary/aromatic N) is 2. The number of ether oxygens (including phenoxy) is 3. The summed E-state index contributed by atoms with van der Waals surface area (Å²) in [5.74, 6) is -0.532. The molecule has 8 nitrogen and oxygen atoms in total. The molecule has 3 aromatic carbocycles. The summed E-state index contributed by atoms with van der Waals surface area (Å²) in [6.07, 6.45) is -2.86. The lowest BCUT2D eigenvalue weighted by Crippen LogP contribution is -2.48. The molecule has 0 radical (unpaired) electrons. The third kappa shape index (κ3) is 8.98. The minimum absolute atomic E-state index is 0.0336. The molecule has 0 aromatic heterocycles. The van der Waals surface area contributed by atoms with Crippen LogP contribution in [0.2, 0.25) is 0 Å². The number of aliphatic hydroxyl groups excluding tert-OH is 1. The predicted molar refractivity (Wildman–Crippen MR) is 135 cm³/mol. The molecule has 3 aromatic rings. The maximum atomic E-state index is 11.9. The molecule has 0 spiro atoms. The number of carbonyl (C=O) groups is 1. The fraction of sp³-hybridized carbons (Fsp3) is 0.321. The monoisotopic (exact) mass is 493 g/mol. The van der Waals surface area contributed by atoms with Crippen LogP contribution in [0.15, 0.2) is 96.3 Å². The highest BCUT2D eigenvalue weighted by molar-refractivity contribution is 5.72. The molecule has 1 amide bonds. The molecule has 0 unspecified atom stereocenters. The van der Waals surface area contributed by atoms with Gasteiger partial charge in [0.25, 0.3) is 0 Å². The van der Waals surface area contributed by atoms with E-state index in [4.69, 9.17) is 14.2 Å². The van der Waals surface area contributed by atoms with E-state index in [0.717, 1.165) is 21.7 Å². The molecule has 0 heterocycles. The van der Waals surface area contributed by atoms with Gasteiger partial charge in [0, 0.05) is 6.92 Å². The van der Waals surface area contributed by atoms with Crippen LogP contribution >= 0.6 is 0 Å². The van der Waals surface area contributed by atoms with Crippen molar-refractivity contribution in [2.24, 2.45) is 5.29 Å². The van der Waals surface area contributed by atoms with Crippen molar-refractivity contribution >= 4 is 5.91 Å². The Balaban J connectivity index is 1.76. The Morgan fingerprint density at radius 3 is 1.75 bits per heavy atom. The Kier molecular flexibility index (Phi) is 11.2. The first-order valence-corrected chi connectivity index (χ1v) is 11.8. The van der Waals surface area contributed by atoms with E-state index >= 15 is 0 Å². The smallest absolute Gasteiger partial charge is 0.242 e. The van der Waals surface area contributed by atoms with Gasteiger partial charge in [-0.3, -0.25) is 4.79 Å². The van der Waals surface area contributed by atoms with Crippen molar-refractivity contribution < 1.29 is 24.1 Å². The summed E-state index contributed by atoms with van der Waals surface area (Å²) in [6.45, 7) is 1.73. The Morgan fingerprint density at radius 1 is 0.806 bits per heavy atom. The molecular formula is C28H32N2O6. The SMILES string of the molecule is CC(=O)N(C[C@@H](OCc1ccccc1)[C@H](OCc1ccccc1)[C@@H](O)COCc1ccccc1)[15N]=O. The van der Waals surface area contributed by atoms with Gasteiger partial charge < -0.3 is 19.3 Å². The Labute approximate surface area is 211 Å². The topological polar surface area (TPSA) is 97.7 Å². The van der Waals surface area contributed by atoms with Crippen LogP contribution in [-0.4, -0.2) is 47.5 Å². The lowest BCUT2D eigenvalue weighted by Gasteiger charge is -2.32. The minimum atomic E-state index is -1.10. The molecule has 3 rings (SSSR count). The van der Waals surface area contributed by atoms with Gasteiger partial charge in [-0.05, 0) is 16.7 Å². The van der Waals surface area contributed by atoms with Gasteiger partial charge in [0.1, 0.15) is 18.3 Å². The van der Waals surface area contributed by atoms with Crippen molar-refractivity contribution in [2.45, 2.75) is 45.1 Å². The zero-order valence-electron chi connectivity index (χ0n) is 20.3. The zero-order valence-corrected chi connectivity index (χ0v) is 20.3. The second-order valence-electron chi connectivity index (χ2n) is 8.35. The fourth-order valence-electron chi connectivity index (χ4n) is 3.62. The second kappa shape index (κ2) is 14.9. The number of amides is 1. The number of benzene rings is 3. The summed E-state index contributed by atoms with van der Waals surface area (Å²) in [7, 11) is 0. The summed E-state index contributed by atoms with van der Waals surface area (Å²) in [6, 6.07) is 28.6. The highest BCUT2D eigenvalue weighted by Crippen LogP contribution is 2.18. The summed E-state index contributed by atoms with van der Waals surface area (Å²) >= 11 is 0. The molecule has 0 saturated heterocycles. The van der Waals surface area contributed by atoms with Crippen molar-refractivity contribution in [1.82, 2.24) is 5.01 Å². The normalized spacial score (nSPS) is 13.5. The van der Waals surface area contributed by atoms with Gasteiger partial charge in [-0.15, -0.1) is 4.91 Å². The summed E-state index contributed by atoms with van der Waals surface area (Å²) in [5, 5.41) is 14.7. The Morgan fingerprint density at radius 2 is 1.28 bits per heavy atom. The fourth-order valence-corrected chi connectivity index (χ4v) is 3.62. The van der Waals surface area contributed by atoms with E-state index in [-0.39, 0.29) is 26.4 Å². The van der Waals surface area contributed by atoms with E-state index in [1.807, 2.05) is 91.0 Å². The zero-order chi connectivity index (χ0) is 25.6. The highest BCUT2D eigenvalue weighted by atomic mass is 16.6. The average molecular weight is 494 g/mol. The summed E-state index contributed by atoms with van der Waals surface area (Å²) < 4.78 is 18.0. The molecule has 0 aliphatic heterocycles. The van der Waals surface area contributed by atoms with Gasteiger partial charge in [-0.25, -0.2) is 0 Å². The van der Waals surface area contributed by atoms with E-state index < -0.39 is 24.2 Å². The van der Waals surface area contributed by atoms with Crippen molar-refractivity contribution in [2.75, 3.05) is 13.2 Å². The van der Waals surface area contributed by atoms with Crippen molar-refractivity contribution in [3.05, 3.63) is 113 Å². The molecule has 0 aliphatic carbocycles. The second-order valence-corrected chi connectivity index (χ2v) is 8.35. The number of nitroso groups, excluding NO2 is 1. The molecule has 0 aliphatic rings. The lowest BCUT2D eigenvalue weighted by atomic mass is 10.1. The van der Waals surface area contributed by atoms with E-state index in [0.29, 0.717) is 6.61 Å². The first-order valence-electron chi connectivity index (χ1n) is 11.8. The van der Waals surface area contributed by atoms with Gasteiger partial charge in [0.05, 0.1) is 38.3 Å². The third-order valence-corrected chi connectivity index (χ3v) is 5.55. The molecule has 0 bridgehead atoms. The van der Waals surface area contributed by atoms with Crippen LogP contribution in [-0.2, 0) is 38.8 Å². The van der Waals surface area contributed by atoms with Crippen molar-refractivity contribution in [3.8, 4) is 0 Å². The molecule has 1 N–H and O–H groups in total. The van der Waals surface area contributed by atoms with Gasteiger partial charge in [-0.2, -0.15) is 5.01 Å². The number of rotatable bonds is 15. The predicted octanol–water partition coefficient (Wildman–Crippen LogP) is 4.26. The van der Waals surface area contributed by atoms with Gasteiger partial charge in [0.2, 0.25) is 5.91 Å². The van der Waals surface area contributed by atoms with E-state index in [2.05, 4.69) is 5.29 Å². The number of carbonyl (C=O) groups excluding carboxylic acids is 1. The van der Waals surface area contributed by atoms with Crippen LogP contribution in [0.1, 0.15) is 23.6 Å². The molecular weight excluding hydrogens is 461 g/mol. The van der Waals surface area contributed by atoms with Crippen molar-refractivity contribution in [1.29, 1.82) is 0 Å². The van der Waals surface area contributed by atoms with Crippen molar-refractivity contribution in [3.63, 3.8) is 0 Å². The van der Waals surface area contributed by atoms with Crippen LogP contribution in [0.5, 0.6) is 0 Å². The standard InChI is InChI=1S/C28H32N2O6/c1-22(31)30(29-33)17-27(35-19-24-13-7-3-8-14-24)28(36-20-25-15-9-4-10-16-25)26(32)21-34-18-23-11-5-2-6-12-23/h2-16,26-28,32H,17-21H2,1H3/t26-,27+,28+/m0/s1/i29+1. The maximum Gasteiger partial charge on any atom is 0.242 e. The molecule has 0 saturated carbocycles. The molecule has 8 heteroatoms. The van der Waals surface area contributed by atoms with Crippen LogP contribution in [0.3, 0.4) is 0 Å². The van der Waals surface area contributed by atoms with Gasteiger partial charge in [0.15, 0.2) is 0 Å². The van der Waals surface area contributed by atoms with E-state index in [1.54, 1.807) is 0 Å². The maximum absolute atomic E-state index is 11.9. The van der Waals surface area contributed by atoms with E-state index in [1.165, 1.54) is 6.92 Å². The first-order chi connectivity index (χ1) is 17.6. The number of hydrogen-bond acceptors (Lipinski definition) is 7. The van der Waals surface area contributed by atoms with Gasteiger partial charge >= 0.3 is 0 Å². The summed E-state index contributed by atoms with van der Waals surface area (Å²) in [4.78, 5) is 23.3. The molecule has 36 heavy (non-hydrogen) atoms. The number of hydrogen-bond donors (Lipinski definition) is 1. The minimum Gasteiger partial charge on any atom is -0.388 e. The first kappa shape index (κ1) is 27.2. The van der Waals surface area contributed by atoms with E-state index in [9.17, 15) is 14.8 Å². The van der Waals surface area contributed by atoms with Crippen LogP contribution in [0, 0.1) is 4.91 Å². The summed E-state index contributed by atoms with van der Waals surface area (Å²) in [5.41, 5.74) is 2.77. The highest BCUT2D eigenvalue weighted by Gasteiger charge is 2.33. The van der Waals surface area contributed by atoms with Crippen LogP contribution in [0.25, 0.3) is 0 Å². The largest absolute Gasteiger partial charge is 0.388 e. The third-order valence-electron chi connectivity index (χ3n) is 5.55. The Hall–Kier alpha value is -3.43. The van der Waals surface area contributed by atoms with Crippen LogP contribution < -0.4 is 0 Å². The lowest BCUT2D eigenvalue weighted by molar-refractivity contribution is -0.158. The molecule has 190 valence electrons. The van der Waals surface area contributed by atoms with Crippen LogP contribution in [0.4, 0.5) is 0 Å². The Bertz CT molecular complexity index is 1040. The van der Waals surface area contributed by atoms with Gasteiger partial charge in [-0.1, -0.05) is 91.0 Å². The molecule has 3 atom stereocenters. The number of aliphatic hydroxyl groups is 1. The average Bonchev–Trinajstić information content (AvgIpc) is 2.91. The quantitative estimate of drug-likeness (QED) is 0.193.